The molecule has 0 amide bonds. The number of nitrogens with one attached hydrogen (secondary N) is 2. The van der Waals surface area contributed by atoms with Crippen LogP contribution >= 0.6 is 0 Å². The standard InChI is InChI=1S/C22H17N9O/c23-17-8-9-18-26-20(13-6-7-16-14(10-13)11-25-28-16)21(31(18)29-17)22-27-19(32-30-22)12-24-15-4-2-1-3-5-15/h1-11,24H,12H2,(H2,23,29)(H,25,28). The van der Waals surface area contributed by atoms with E-state index in [1.807, 2.05) is 54.6 Å². The minimum Gasteiger partial charge on any atom is -0.382 e. The number of imidazole rings is 1. The predicted octanol–water partition coefficient (Wildman–Crippen LogP) is 3.52. The number of fused-ring (bicyclic) bond motifs is 2. The molecule has 0 atom stereocenters. The largest absolute Gasteiger partial charge is 0.382 e. The van der Waals surface area contributed by atoms with Gasteiger partial charge in [-0.1, -0.05) is 29.4 Å². The second-order valence-corrected chi connectivity index (χ2v) is 7.24. The maximum atomic E-state index is 5.95. The predicted molar refractivity (Wildman–Crippen MR) is 120 cm³/mol. The molecule has 0 aliphatic rings. The number of nitrogens with zero attached hydrogens (tertiary/aromatic N) is 6. The van der Waals surface area contributed by atoms with Crippen LogP contribution in [-0.2, 0) is 6.54 Å². The normalized spacial score (nSPS) is 11.4. The van der Waals surface area contributed by atoms with Crippen LogP contribution in [0.4, 0.5) is 11.5 Å². The molecule has 4 heterocycles. The van der Waals surface area contributed by atoms with E-state index in [1.165, 1.54) is 0 Å². The molecule has 4 aromatic heterocycles. The molecule has 6 aromatic rings. The summed E-state index contributed by atoms with van der Waals surface area (Å²) in [5.41, 5.74) is 10.6. The Morgan fingerprint density at radius 3 is 2.84 bits per heavy atom. The van der Waals surface area contributed by atoms with Gasteiger partial charge in [-0.3, -0.25) is 5.10 Å². The van der Waals surface area contributed by atoms with Crippen LogP contribution in [-0.4, -0.2) is 34.9 Å². The van der Waals surface area contributed by atoms with Crippen molar-refractivity contribution in [1.29, 1.82) is 0 Å². The van der Waals surface area contributed by atoms with Crippen molar-refractivity contribution in [3.8, 4) is 22.8 Å². The number of hydrogen-bond donors (Lipinski definition) is 3. The van der Waals surface area contributed by atoms with E-state index in [4.69, 9.17) is 15.2 Å². The lowest BCUT2D eigenvalue weighted by Crippen LogP contribution is -2.01. The Morgan fingerprint density at radius 1 is 1.03 bits per heavy atom. The molecule has 0 aliphatic carbocycles. The molecule has 0 radical (unpaired) electrons. The van der Waals surface area contributed by atoms with Crippen LogP contribution in [0.5, 0.6) is 0 Å². The Hall–Kier alpha value is -4.73. The lowest BCUT2D eigenvalue weighted by atomic mass is 10.1. The number of benzene rings is 2. The number of nitrogens with two attached hydrogens (primary N) is 1. The van der Waals surface area contributed by atoms with E-state index in [9.17, 15) is 0 Å². The van der Waals surface area contributed by atoms with Gasteiger partial charge < -0.3 is 15.6 Å². The Morgan fingerprint density at radius 2 is 1.94 bits per heavy atom. The highest BCUT2D eigenvalue weighted by Crippen LogP contribution is 2.32. The molecule has 0 spiro atoms. The number of H-pyrrole nitrogens is 1. The molecule has 2 aromatic carbocycles. The van der Waals surface area contributed by atoms with Crippen LogP contribution in [0.25, 0.3) is 39.3 Å². The van der Waals surface area contributed by atoms with Gasteiger partial charge in [-0.25, -0.2) is 9.50 Å². The third-order valence-electron chi connectivity index (χ3n) is 5.11. The molecule has 0 aliphatic heterocycles. The first kappa shape index (κ1) is 18.1. The first-order valence-corrected chi connectivity index (χ1v) is 9.95. The van der Waals surface area contributed by atoms with Crippen molar-refractivity contribution in [2.45, 2.75) is 6.54 Å². The third kappa shape index (κ3) is 3.10. The molecular formula is C22H17N9O. The van der Waals surface area contributed by atoms with Gasteiger partial charge in [0.15, 0.2) is 5.65 Å². The average Bonchev–Trinajstić information content (AvgIpc) is 3.55. The first-order valence-electron chi connectivity index (χ1n) is 9.95. The fourth-order valence-corrected chi connectivity index (χ4v) is 3.60. The van der Waals surface area contributed by atoms with Crippen molar-refractivity contribution in [2.75, 3.05) is 11.1 Å². The van der Waals surface area contributed by atoms with E-state index < -0.39 is 0 Å². The number of aromatic amines is 1. The van der Waals surface area contributed by atoms with Crippen LogP contribution in [0.1, 0.15) is 5.89 Å². The molecule has 0 saturated heterocycles. The SMILES string of the molecule is Nc1ccc2nc(-c3ccc4[nH]ncc4c3)c(-c3noc(CNc4ccccc4)n3)n2n1. The summed E-state index contributed by atoms with van der Waals surface area (Å²) in [5.74, 6) is 1.18. The van der Waals surface area contributed by atoms with Gasteiger partial charge in [-0.05, 0) is 36.4 Å². The van der Waals surface area contributed by atoms with Crippen LogP contribution in [0.3, 0.4) is 0 Å². The van der Waals surface area contributed by atoms with E-state index in [2.05, 4.69) is 30.8 Å². The van der Waals surface area contributed by atoms with E-state index in [1.54, 1.807) is 16.8 Å². The Balaban J connectivity index is 1.44. The Kier molecular flexibility index (Phi) is 4.07. The van der Waals surface area contributed by atoms with Gasteiger partial charge >= 0.3 is 0 Å². The zero-order valence-electron chi connectivity index (χ0n) is 16.7. The molecule has 10 nitrogen and oxygen atoms in total. The molecular weight excluding hydrogens is 406 g/mol. The third-order valence-corrected chi connectivity index (χ3v) is 5.11. The average molecular weight is 423 g/mol. The summed E-state index contributed by atoms with van der Waals surface area (Å²) >= 11 is 0. The fourth-order valence-electron chi connectivity index (χ4n) is 3.60. The molecule has 6 rings (SSSR count). The highest BCUT2D eigenvalue weighted by molar-refractivity contribution is 5.87. The smallest absolute Gasteiger partial charge is 0.246 e. The van der Waals surface area contributed by atoms with Gasteiger partial charge in [0.1, 0.15) is 17.2 Å². The van der Waals surface area contributed by atoms with E-state index in [-0.39, 0.29) is 0 Å². The molecule has 0 unspecified atom stereocenters. The second kappa shape index (κ2) is 7.20. The van der Waals surface area contributed by atoms with Crippen molar-refractivity contribution in [1.82, 2.24) is 34.9 Å². The van der Waals surface area contributed by atoms with Gasteiger partial charge in [0.2, 0.25) is 11.7 Å². The van der Waals surface area contributed by atoms with Gasteiger partial charge in [-0.2, -0.15) is 10.1 Å². The van der Waals surface area contributed by atoms with Gasteiger partial charge in [0.05, 0.1) is 18.3 Å². The highest BCUT2D eigenvalue weighted by atomic mass is 16.5. The number of anilines is 2. The number of para-hydroxylation sites is 1. The minimum atomic E-state index is 0.363. The molecule has 4 N–H and O–H groups in total. The van der Waals surface area contributed by atoms with Crippen molar-refractivity contribution < 1.29 is 4.52 Å². The van der Waals surface area contributed by atoms with E-state index in [0.29, 0.717) is 41.1 Å². The lowest BCUT2D eigenvalue weighted by Gasteiger charge is -2.02. The van der Waals surface area contributed by atoms with Crippen molar-refractivity contribution in [3.05, 3.63) is 72.8 Å². The summed E-state index contributed by atoms with van der Waals surface area (Å²) in [5, 5.41) is 19.9. The summed E-state index contributed by atoms with van der Waals surface area (Å²) < 4.78 is 7.14. The van der Waals surface area contributed by atoms with E-state index in [0.717, 1.165) is 22.2 Å². The monoisotopic (exact) mass is 423 g/mol. The Bertz CT molecular complexity index is 1550. The highest BCUT2D eigenvalue weighted by Gasteiger charge is 2.22. The maximum absolute atomic E-state index is 5.95. The van der Waals surface area contributed by atoms with Crippen molar-refractivity contribution >= 4 is 28.1 Å². The van der Waals surface area contributed by atoms with Crippen LogP contribution in [0, 0.1) is 0 Å². The summed E-state index contributed by atoms with van der Waals surface area (Å²) in [6, 6.07) is 19.3. The number of aromatic nitrogens is 7. The zero-order chi connectivity index (χ0) is 21.5. The maximum Gasteiger partial charge on any atom is 0.246 e. The zero-order valence-corrected chi connectivity index (χ0v) is 16.7. The molecule has 0 saturated carbocycles. The lowest BCUT2D eigenvalue weighted by molar-refractivity contribution is 0.384. The van der Waals surface area contributed by atoms with E-state index >= 15 is 0 Å². The van der Waals surface area contributed by atoms with Crippen molar-refractivity contribution in [3.63, 3.8) is 0 Å². The summed E-state index contributed by atoms with van der Waals surface area (Å²) in [6.07, 6.45) is 1.77. The summed E-state index contributed by atoms with van der Waals surface area (Å²) in [6.45, 7) is 0.389. The molecule has 0 fully saturated rings. The fraction of sp³-hybridized carbons (Fsp3) is 0.0455. The number of hydrogen-bond acceptors (Lipinski definition) is 8. The molecule has 32 heavy (non-hydrogen) atoms. The minimum absolute atomic E-state index is 0.363. The summed E-state index contributed by atoms with van der Waals surface area (Å²) in [4.78, 5) is 9.36. The quantitative estimate of drug-likeness (QED) is 0.383. The van der Waals surface area contributed by atoms with Gasteiger partial charge in [0, 0.05) is 16.6 Å². The topological polar surface area (TPSA) is 136 Å². The number of nitrogen functional groups attached to an aromatic ring is 1. The molecule has 156 valence electrons. The molecule has 0 bridgehead atoms. The summed E-state index contributed by atoms with van der Waals surface area (Å²) in [7, 11) is 0. The van der Waals surface area contributed by atoms with Crippen LogP contribution in [0.2, 0.25) is 0 Å². The Labute approximate surface area is 181 Å². The second-order valence-electron chi connectivity index (χ2n) is 7.24. The van der Waals surface area contributed by atoms with Gasteiger partial charge in [0.25, 0.3) is 0 Å². The van der Waals surface area contributed by atoms with Crippen LogP contribution in [0.15, 0.2) is 71.4 Å². The van der Waals surface area contributed by atoms with Crippen molar-refractivity contribution in [2.24, 2.45) is 0 Å². The van der Waals surface area contributed by atoms with Gasteiger partial charge in [-0.15, -0.1) is 5.10 Å². The number of rotatable bonds is 5. The van der Waals surface area contributed by atoms with Crippen LogP contribution < -0.4 is 11.1 Å². The molecule has 10 heteroatoms. The first-order chi connectivity index (χ1) is 15.7.